The third-order valence-corrected chi connectivity index (χ3v) is 1.44. The van der Waals surface area contributed by atoms with Crippen molar-refractivity contribution in [1.29, 1.82) is 0 Å². The molecule has 12 heavy (non-hydrogen) atoms. The Hall–Kier alpha value is -1.62. The zero-order valence-corrected chi connectivity index (χ0v) is 6.23. The van der Waals surface area contributed by atoms with E-state index in [1.807, 2.05) is 6.07 Å². The number of hydrazine groups is 1. The smallest absolute Gasteiger partial charge is 0.317 e. The van der Waals surface area contributed by atoms with Crippen LogP contribution in [0.3, 0.4) is 0 Å². The van der Waals surface area contributed by atoms with Crippen LogP contribution in [0.15, 0.2) is 35.0 Å². The molecule has 1 aliphatic heterocycles. The van der Waals surface area contributed by atoms with Crippen molar-refractivity contribution in [2.45, 2.75) is 6.54 Å². The summed E-state index contributed by atoms with van der Waals surface area (Å²) in [4.78, 5) is 4.57. The lowest BCUT2D eigenvalue weighted by molar-refractivity contribution is -0.0260. The van der Waals surface area contributed by atoms with E-state index in [-0.39, 0.29) is 5.95 Å². The molecule has 5 heteroatoms. The van der Waals surface area contributed by atoms with Gasteiger partial charge in [-0.15, -0.1) is 0 Å². The number of furan rings is 1. The Morgan fingerprint density at radius 2 is 2.50 bits per heavy atom. The van der Waals surface area contributed by atoms with Crippen LogP contribution in [0.1, 0.15) is 5.76 Å². The van der Waals surface area contributed by atoms with Gasteiger partial charge in [-0.1, -0.05) is 5.59 Å². The quantitative estimate of drug-likeness (QED) is 0.686. The summed E-state index contributed by atoms with van der Waals surface area (Å²) in [6.45, 7) is 0.511. The summed E-state index contributed by atoms with van der Waals surface area (Å²) in [5.74, 6) is 0.638. The number of nitrogens with one attached hydrogen (secondary N) is 1. The van der Waals surface area contributed by atoms with Gasteiger partial charge >= 0.3 is 5.95 Å². The highest BCUT2D eigenvalue weighted by molar-refractivity contribution is 4.99. The minimum absolute atomic E-state index is 0.151. The normalized spacial score (nSPS) is 16.0. The lowest BCUT2D eigenvalue weighted by Crippen LogP contribution is -2.26. The van der Waals surface area contributed by atoms with Gasteiger partial charge in [0, 0.05) is 0 Å². The molecule has 1 aliphatic rings. The van der Waals surface area contributed by atoms with Crippen molar-refractivity contribution in [1.82, 2.24) is 10.6 Å². The molecule has 0 spiro atoms. The molecular formula is C7H8N2O3. The number of nitrogens with zero attached hydrogens (tertiary/aromatic N) is 1. The van der Waals surface area contributed by atoms with Crippen LogP contribution in [0.2, 0.25) is 0 Å². The van der Waals surface area contributed by atoms with Gasteiger partial charge in [0.2, 0.25) is 0 Å². The zero-order chi connectivity index (χ0) is 8.39. The standard InChI is InChI=1S/C7H8N2O3/c10-7-5-9(8-12-7)4-6-2-1-3-11-6/h1-3,5,8,10H,4H2. The molecule has 1 aromatic rings. The predicted octanol–water partition coefficient (Wildman–Crippen LogP) is 0.888. The van der Waals surface area contributed by atoms with Gasteiger partial charge in [0.1, 0.15) is 12.0 Å². The van der Waals surface area contributed by atoms with E-state index < -0.39 is 0 Å². The monoisotopic (exact) mass is 168 g/mol. The van der Waals surface area contributed by atoms with Gasteiger partial charge in [0.15, 0.2) is 0 Å². The molecule has 0 saturated heterocycles. The fourth-order valence-corrected chi connectivity index (χ4v) is 0.940. The average molecular weight is 168 g/mol. The summed E-state index contributed by atoms with van der Waals surface area (Å²) < 4.78 is 5.08. The van der Waals surface area contributed by atoms with E-state index in [4.69, 9.17) is 9.52 Å². The molecule has 0 unspecified atom stereocenters. The molecule has 2 rings (SSSR count). The van der Waals surface area contributed by atoms with E-state index in [1.54, 1.807) is 17.3 Å². The van der Waals surface area contributed by atoms with E-state index in [9.17, 15) is 0 Å². The first-order valence-electron chi connectivity index (χ1n) is 3.47. The Kier molecular flexibility index (Phi) is 1.64. The Morgan fingerprint density at radius 3 is 3.08 bits per heavy atom. The van der Waals surface area contributed by atoms with Crippen LogP contribution in [0.25, 0.3) is 0 Å². The Bertz CT molecular complexity index is 281. The van der Waals surface area contributed by atoms with Crippen LogP contribution >= 0.6 is 0 Å². The number of rotatable bonds is 2. The number of hydrogen-bond acceptors (Lipinski definition) is 5. The van der Waals surface area contributed by atoms with Gasteiger partial charge in [-0.05, 0) is 12.1 Å². The highest BCUT2D eigenvalue weighted by atomic mass is 16.8. The van der Waals surface area contributed by atoms with E-state index in [0.29, 0.717) is 6.54 Å². The highest BCUT2D eigenvalue weighted by Gasteiger charge is 2.12. The maximum atomic E-state index is 8.83. The van der Waals surface area contributed by atoms with Crippen LogP contribution in [-0.4, -0.2) is 10.1 Å². The van der Waals surface area contributed by atoms with Gasteiger partial charge in [-0.3, -0.25) is 5.01 Å². The van der Waals surface area contributed by atoms with Crippen molar-refractivity contribution in [3.63, 3.8) is 0 Å². The van der Waals surface area contributed by atoms with Crippen LogP contribution in [-0.2, 0) is 11.4 Å². The van der Waals surface area contributed by atoms with E-state index in [0.717, 1.165) is 5.76 Å². The van der Waals surface area contributed by atoms with E-state index in [2.05, 4.69) is 10.4 Å². The maximum absolute atomic E-state index is 8.83. The Morgan fingerprint density at radius 1 is 1.58 bits per heavy atom. The average Bonchev–Trinajstić information content (AvgIpc) is 2.63. The lowest BCUT2D eigenvalue weighted by Gasteiger charge is -2.09. The van der Waals surface area contributed by atoms with Crippen LogP contribution in [0.4, 0.5) is 0 Å². The maximum Gasteiger partial charge on any atom is 0.317 e. The predicted molar refractivity (Wildman–Crippen MR) is 39.2 cm³/mol. The second-order valence-electron chi connectivity index (χ2n) is 2.37. The molecule has 0 aliphatic carbocycles. The summed E-state index contributed by atoms with van der Waals surface area (Å²) in [6.07, 6.45) is 3.03. The third kappa shape index (κ3) is 1.35. The van der Waals surface area contributed by atoms with Crippen molar-refractivity contribution >= 4 is 0 Å². The molecule has 64 valence electrons. The van der Waals surface area contributed by atoms with Crippen LogP contribution in [0, 0.1) is 0 Å². The molecule has 0 atom stereocenters. The fraction of sp³-hybridized carbons (Fsp3) is 0.143. The molecule has 0 radical (unpaired) electrons. The number of aliphatic hydroxyl groups is 1. The minimum atomic E-state index is -0.151. The van der Waals surface area contributed by atoms with Crippen molar-refractivity contribution < 1.29 is 14.4 Å². The first-order chi connectivity index (χ1) is 5.84. The number of aliphatic hydroxyl groups excluding tert-OH is 1. The van der Waals surface area contributed by atoms with Crippen molar-refractivity contribution in [3.8, 4) is 0 Å². The molecule has 0 amide bonds. The topological polar surface area (TPSA) is 57.9 Å². The van der Waals surface area contributed by atoms with Crippen LogP contribution in [0.5, 0.6) is 0 Å². The molecule has 2 N–H and O–H groups in total. The first kappa shape index (κ1) is 7.05. The summed E-state index contributed by atoms with van der Waals surface area (Å²) in [5.41, 5.74) is 2.48. The van der Waals surface area contributed by atoms with E-state index >= 15 is 0 Å². The second-order valence-corrected chi connectivity index (χ2v) is 2.37. The summed E-state index contributed by atoms with van der Waals surface area (Å²) in [5, 5.41) is 10.4. The summed E-state index contributed by atoms with van der Waals surface area (Å²) in [6, 6.07) is 3.64. The molecule has 0 bridgehead atoms. The molecule has 0 saturated carbocycles. The van der Waals surface area contributed by atoms with Gasteiger partial charge in [0.25, 0.3) is 0 Å². The second kappa shape index (κ2) is 2.78. The van der Waals surface area contributed by atoms with E-state index in [1.165, 1.54) is 6.20 Å². The fourth-order valence-electron chi connectivity index (χ4n) is 0.940. The summed E-state index contributed by atoms with van der Waals surface area (Å²) in [7, 11) is 0. The summed E-state index contributed by atoms with van der Waals surface area (Å²) >= 11 is 0. The van der Waals surface area contributed by atoms with Gasteiger partial charge < -0.3 is 14.4 Å². The molecule has 1 aromatic heterocycles. The Balaban J connectivity index is 1.97. The van der Waals surface area contributed by atoms with Crippen molar-refractivity contribution in [3.05, 3.63) is 36.3 Å². The van der Waals surface area contributed by atoms with Gasteiger partial charge in [-0.2, -0.15) is 0 Å². The number of hydrogen-bond donors (Lipinski definition) is 2. The first-order valence-corrected chi connectivity index (χ1v) is 3.47. The lowest BCUT2D eigenvalue weighted by atomic mass is 10.4. The zero-order valence-electron chi connectivity index (χ0n) is 6.23. The molecule has 2 heterocycles. The Labute approximate surface area is 68.8 Å². The third-order valence-electron chi connectivity index (χ3n) is 1.44. The molecule has 0 fully saturated rings. The molecule has 5 nitrogen and oxygen atoms in total. The van der Waals surface area contributed by atoms with Crippen LogP contribution < -0.4 is 5.59 Å². The van der Waals surface area contributed by atoms with Gasteiger partial charge in [0.05, 0.1) is 12.8 Å². The SMILES string of the molecule is OC1=CN(Cc2ccco2)NO1. The minimum Gasteiger partial charge on any atom is -0.479 e. The largest absolute Gasteiger partial charge is 0.479 e. The van der Waals surface area contributed by atoms with Gasteiger partial charge in [-0.25, -0.2) is 0 Å². The molecule has 0 aromatic carbocycles. The van der Waals surface area contributed by atoms with Crippen molar-refractivity contribution in [2.75, 3.05) is 0 Å². The highest BCUT2D eigenvalue weighted by Crippen LogP contribution is 2.08. The molecular weight excluding hydrogens is 160 g/mol. The van der Waals surface area contributed by atoms with Crippen molar-refractivity contribution in [2.24, 2.45) is 0 Å².